The van der Waals surface area contributed by atoms with E-state index in [1.54, 1.807) is 0 Å². The van der Waals surface area contributed by atoms with Crippen molar-refractivity contribution in [2.45, 2.75) is 31.8 Å². The van der Waals surface area contributed by atoms with Gasteiger partial charge in [0.1, 0.15) is 0 Å². The van der Waals surface area contributed by atoms with Gasteiger partial charge in [0, 0.05) is 12.6 Å². The molecular formula is C15H20N2O3. The van der Waals surface area contributed by atoms with Crippen LogP contribution in [-0.4, -0.2) is 31.6 Å². The lowest BCUT2D eigenvalue weighted by molar-refractivity contribution is -0.139. The molecule has 0 radical (unpaired) electrons. The van der Waals surface area contributed by atoms with E-state index < -0.39 is 0 Å². The molecule has 1 amide bonds. The summed E-state index contributed by atoms with van der Waals surface area (Å²) in [4.78, 5) is 22.9. The van der Waals surface area contributed by atoms with E-state index in [1.165, 1.54) is 7.11 Å². The van der Waals surface area contributed by atoms with Gasteiger partial charge in [-0.1, -0.05) is 24.3 Å². The highest BCUT2D eigenvalue weighted by atomic mass is 16.5. The van der Waals surface area contributed by atoms with Crippen LogP contribution in [0.1, 0.15) is 24.0 Å². The topological polar surface area (TPSA) is 67.4 Å². The van der Waals surface area contributed by atoms with E-state index in [2.05, 4.69) is 15.4 Å². The minimum Gasteiger partial charge on any atom is -0.469 e. The fourth-order valence-electron chi connectivity index (χ4n) is 1.95. The molecule has 0 bridgehead atoms. The number of esters is 1. The number of methoxy groups -OCH3 is 1. The standard InChI is InChI=1S/C15H20N2O3/c1-20-15(19)8-11-4-2-3-5-12(11)9-16-10-14(18)17-13-6-7-13/h2-5,13,16H,6-10H2,1H3,(H,17,18). The number of hydrogen-bond acceptors (Lipinski definition) is 4. The summed E-state index contributed by atoms with van der Waals surface area (Å²) in [5.74, 6) is -0.234. The summed E-state index contributed by atoms with van der Waals surface area (Å²) in [6.07, 6.45) is 2.43. The van der Waals surface area contributed by atoms with Gasteiger partial charge < -0.3 is 15.4 Å². The van der Waals surface area contributed by atoms with Gasteiger partial charge in [0.15, 0.2) is 0 Å². The van der Waals surface area contributed by atoms with Gasteiger partial charge in [-0.15, -0.1) is 0 Å². The van der Waals surface area contributed by atoms with Crippen LogP contribution in [0.5, 0.6) is 0 Å². The minimum absolute atomic E-state index is 0.0259. The van der Waals surface area contributed by atoms with Gasteiger partial charge in [0.2, 0.25) is 5.91 Å². The van der Waals surface area contributed by atoms with Gasteiger partial charge >= 0.3 is 5.97 Å². The molecule has 0 heterocycles. The van der Waals surface area contributed by atoms with Crippen molar-refractivity contribution in [2.24, 2.45) is 0 Å². The Labute approximate surface area is 118 Å². The van der Waals surface area contributed by atoms with E-state index in [1.807, 2.05) is 24.3 Å². The molecule has 0 atom stereocenters. The number of carbonyl (C=O) groups excluding carboxylic acids is 2. The van der Waals surface area contributed by atoms with Gasteiger partial charge in [-0.2, -0.15) is 0 Å². The van der Waals surface area contributed by atoms with Crippen molar-refractivity contribution in [2.75, 3.05) is 13.7 Å². The van der Waals surface area contributed by atoms with Crippen LogP contribution >= 0.6 is 0 Å². The maximum absolute atomic E-state index is 11.5. The molecule has 2 rings (SSSR count). The Morgan fingerprint density at radius 2 is 1.95 bits per heavy atom. The van der Waals surface area contributed by atoms with Crippen molar-refractivity contribution in [3.05, 3.63) is 35.4 Å². The molecule has 5 nitrogen and oxygen atoms in total. The summed E-state index contributed by atoms with van der Waals surface area (Å²) in [5.41, 5.74) is 1.94. The zero-order valence-electron chi connectivity index (χ0n) is 11.6. The molecule has 1 aliphatic rings. The fourth-order valence-corrected chi connectivity index (χ4v) is 1.95. The lowest BCUT2D eigenvalue weighted by Crippen LogP contribution is -2.34. The van der Waals surface area contributed by atoms with Crippen molar-refractivity contribution in [1.82, 2.24) is 10.6 Å². The van der Waals surface area contributed by atoms with Crippen LogP contribution in [0.3, 0.4) is 0 Å². The smallest absolute Gasteiger partial charge is 0.309 e. The molecule has 0 aliphatic heterocycles. The number of carbonyl (C=O) groups is 2. The van der Waals surface area contributed by atoms with Crippen LogP contribution in [-0.2, 0) is 27.3 Å². The Balaban J connectivity index is 1.81. The second-order valence-corrected chi connectivity index (χ2v) is 4.97. The summed E-state index contributed by atoms with van der Waals surface area (Å²) in [6, 6.07) is 8.04. The maximum atomic E-state index is 11.5. The lowest BCUT2D eigenvalue weighted by Gasteiger charge is -2.10. The fraction of sp³-hybridized carbons (Fsp3) is 0.467. The van der Waals surface area contributed by atoms with E-state index in [0.29, 0.717) is 19.1 Å². The van der Waals surface area contributed by atoms with Crippen LogP contribution in [0, 0.1) is 0 Å². The van der Waals surface area contributed by atoms with Crippen LogP contribution in [0.25, 0.3) is 0 Å². The first-order valence-corrected chi connectivity index (χ1v) is 6.82. The molecule has 0 saturated heterocycles. The summed E-state index contributed by atoms with van der Waals surface area (Å²) < 4.78 is 4.68. The second-order valence-electron chi connectivity index (χ2n) is 4.97. The SMILES string of the molecule is COC(=O)Cc1ccccc1CNCC(=O)NC1CC1. The molecule has 0 unspecified atom stereocenters. The Morgan fingerprint density at radius 3 is 2.60 bits per heavy atom. The lowest BCUT2D eigenvalue weighted by atomic mass is 10.0. The normalized spacial score (nSPS) is 13.8. The van der Waals surface area contributed by atoms with Crippen molar-refractivity contribution in [3.8, 4) is 0 Å². The number of rotatable bonds is 7. The minimum atomic E-state index is -0.260. The van der Waals surface area contributed by atoms with E-state index >= 15 is 0 Å². The third kappa shape index (κ3) is 4.66. The van der Waals surface area contributed by atoms with Crippen molar-refractivity contribution in [3.63, 3.8) is 0 Å². The van der Waals surface area contributed by atoms with Crippen LogP contribution in [0.15, 0.2) is 24.3 Å². The molecule has 108 valence electrons. The van der Waals surface area contributed by atoms with Gasteiger partial charge in [-0.25, -0.2) is 0 Å². The van der Waals surface area contributed by atoms with Crippen molar-refractivity contribution >= 4 is 11.9 Å². The molecule has 0 spiro atoms. The molecule has 1 saturated carbocycles. The van der Waals surface area contributed by atoms with E-state index in [0.717, 1.165) is 24.0 Å². The van der Waals surface area contributed by atoms with E-state index in [4.69, 9.17) is 0 Å². The first-order valence-electron chi connectivity index (χ1n) is 6.82. The van der Waals surface area contributed by atoms with Crippen LogP contribution in [0.4, 0.5) is 0 Å². The monoisotopic (exact) mass is 276 g/mol. The molecule has 1 aromatic carbocycles. The Bertz CT molecular complexity index is 484. The Kier molecular flexibility index (Phi) is 5.12. The largest absolute Gasteiger partial charge is 0.469 e. The number of benzene rings is 1. The Morgan fingerprint density at radius 1 is 1.25 bits per heavy atom. The number of ether oxygens (including phenoxy) is 1. The predicted molar refractivity (Wildman–Crippen MR) is 75.0 cm³/mol. The zero-order valence-corrected chi connectivity index (χ0v) is 11.6. The second kappa shape index (κ2) is 7.05. The highest BCUT2D eigenvalue weighted by Crippen LogP contribution is 2.18. The van der Waals surface area contributed by atoms with Gasteiger partial charge in [-0.05, 0) is 24.0 Å². The average molecular weight is 276 g/mol. The van der Waals surface area contributed by atoms with Gasteiger partial charge in [0.25, 0.3) is 0 Å². The van der Waals surface area contributed by atoms with Crippen molar-refractivity contribution < 1.29 is 14.3 Å². The van der Waals surface area contributed by atoms with E-state index in [9.17, 15) is 9.59 Å². The first-order chi connectivity index (χ1) is 9.69. The highest BCUT2D eigenvalue weighted by Gasteiger charge is 2.22. The molecular weight excluding hydrogens is 256 g/mol. The molecule has 1 aromatic rings. The maximum Gasteiger partial charge on any atom is 0.309 e. The summed E-state index contributed by atoms with van der Waals surface area (Å²) in [6.45, 7) is 0.855. The Hall–Kier alpha value is -1.88. The van der Waals surface area contributed by atoms with Gasteiger partial charge in [-0.3, -0.25) is 9.59 Å². The van der Waals surface area contributed by atoms with Crippen molar-refractivity contribution in [1.29, 1.82) is 0 Å². The van der Waals surface area contributed by atoms with Crippen LogP contribution in [0.2, 0.25) is 0 Å². The zero-order chi connectivity index (χ0) is 14.4. The summed E-state index contributed by atoms with van der Waals surface area (Å²) in [5, 5.41) is 6.02. The molecule has 1 aliphatic carbocycles. The molecule has 20 heavy (non-hydrogen) atoms. The molecule has 1 fully saturated rings. The number of hydrogen-bond donors (Lipinski definition) is 2. The number of nitrogens with one attached hydrogen (secondary N) is 2. The predicted octanol–water partition coefficient (Wildman–Crippen LogP) is 0.770. The summed E-state index contributed by atoms with van der Waals surface area (Å²) >= 11 is 0. The van der Waals surface area contributed by atoms with Gasteiger partial charge in [0.05, 0.1) is 20.1 Å². The molecule has 5 heteroatoms. The summed E-state index contributed by atoms with van der Waals surface area (Å²) in [7, 11) is 1.38. The first kappa shape index (κ1) is 14.5. The highest BCUT2D eigenvalue weighted by molar-refractivity contribution is 5.78. The average Bonchev–Trinajstić information content (AvgIpc) is 3.24. The van der Waals surface area contributed by atoms with Crippen LogP contribution < -0.4 is 10.6 Å². The van der Waals surface area contributed by atoms with E-state index in [-0.39, 0.29) is 18.3 Å². The third-order valence-electron chi connectivity index (χ3n) is 3.22. The third-order valence-corrected chi connectivity index (χ3v) is 3.22. The molecule has 0 aromatic heterocycles. The quantitative estimate of drug-likeness (QED) is 0.722. The number of amides is 1. The molecule has 2 N–H and O–H groups in total.